The van der Waals surface area contributed by atoms with Gasteiger partial charge in [-0.25, -0.2) is 4.98 Å². The predicted molar refractivity (Wildman–Crippen MR) is 94.2 cm³/mol. The summed E-state index contributed by atoms with van der Waals surface area (Å²) in [4.78, 5) is 56.9. The van der Waals surface area contributed by atoms with Crippen molar-refractivity contribution in [1.29, 1.82) is 0 Å². The molecule has 0 saturated carbocycles. The number of ether oxygens (including phenoxy) is 4. The van der Waals surface area contributed by atoms with Gasteiger partial charge >= 0.3 is 17.9 Å². The van der Waals surface area contributed by atoms with Crippen LogP contribution in [0.5, 0.6) is 0 Å². The Morgan fingerprint density at radius 2 is 1.83 bits per heavy atom. The number of hydrogen-bond donors (Lipinski definition) is 2. The summed E-state index contributed by atoms with van der Waals surface area (Å²) in [7, 11) is 0. The van der Waals surface area contributed by atoms with Gasteiger partial charge in [-0.2, -0.15) is 4.98 Å². The molecule has 3 heterocycles. The number of H-pyrrole nitrogens is 1. The lowest BCUT2D eigenvalue weighted by atomic mass is 10.1. The Bertz CT molecular complexity index is 1010. The van der Waals surface area contributed by atoms with Crippen molar-refractivity contribution in [2.45, 2.75) is 45.3 Å². The standard InChI is InChI=1S/C16H19N5O8/c1-6(22)26-4-9-11(27-7(2)23)12(28-8(3)24)15(29-9)21-5-18-10-13(21)19-16(17)20-14(10)25/h5,9,11-12,15H,4H2,1-3H3,(H3,17,19,20,25)/t9-,11+,12-,15-/m0/s1. The maximum Gasteiger partial charge on any atom is 0.303 e. The zero-order valence-electron chi connectivity index (χ0n) is 15.8. The van der Waals surface area contributed by atoms with Crippen molar-refractivity contribution in [3.8, 4) is 0 Å². The minimum Gasteiger partial charge on any atom is -0.463 e. The van der Waals surface area contributed by atoms with E-state index in [0.717, 1.165) is 0 Å². The summed E-state index contributed by atoms with van der Waals surface area (Å²) in [5, 5.41) is 0. The van der Waals surface area contributed by atoms with Gasteiger partial charge in [-0.3, -0.25) is 28.7 Å². The zero-order valence-corrected chi connectivity index (χ0v) is 15.8. The number of nitrogens with one attached hydrogen (secondary N) is 1. The zero-order chi connectivity index (χ0) is 21.3. The Morgan fingerprint density at radius 1 is 1.17 bits per heavy atom. The van der Waals surface area contributed by atoms with Gasteiger partial charge in [0.2, 0.25) is 5.95 Å². The van der Waals surface area contributed by atoms with E-state index in [-0.39, 0.29) is 23.7 Å². The summed E-state index contributed by atoms with van der Waals surface area (Å²) in [6.07, 6.45) is -2.99. The van der Waals surface area contributed by atoms with Crippen molar-refractivity contribution in [2.75, 3.05) is 12.3 Å². The number of hydrogen-bond acceptors (Lipinski definition) is 11. The number of fused-ring (bicyclic) bond motifs is 1. The van der Waals surface area contributed by atoms with Crippen molar-refractivity contribution in [1.82, 2.24) is 19.5 Å². The van der Waals surface area contributed by atoms with Crippen LogP contribution in [0.3, 0.4) is 0 Å². The van der Waals surface area contributed by atoms with Crippen LogP contribution in [0.4, 0.5) is 5.95 Å². The molecule has 1 fully saturated rings. The number of esters is 3. The topological polar surface area (TPSA) is 178 Å². The monoisotopic (exact) mass is 409 g/mol. The molecule has 4 atom stereocenters. The number of anilines is 1. The second-order valence-electron chi connectivity index (χ2n) is 6.29. The number of carbonyl (C=O) groups excluding carboxylic acids is 3. The van der Waals surface area contributed by atoms with Crippen molar-refractivity contribution in [2.24, 2.45) is 0 Å². The Labute approximate surface area is 163 Å². The third-order valence-electron chi connectivity index (χ3n) is 4.07. The first kappa shape index (κ1) is 20.3. The first-order chi connectivity index (χ1) is 13.7. The fourth-order valence-electron chi connectivity index (χ4n) is 3.05. The molecule has 0 aromatic carbocycles. The molecule has 13 heteroatoms. The van der Waals surface area contributed by atoms with Gasteiger partial charge in [0.05, 0.1) is 6.33 Å². The van der Waals surface area contributed by atoms with Gasteiger partial charge in [0.1, 0.15) is 12.7 Å². The van der Waals surface area contributed by atoms with E-state index in [1.165, 1.54) is 31.7 Å². The van der Waals surface area contributed by atoms with Crippen LogP contribution in [-0.2, 0) is 33.3 Å². The lowest BCUT2D eigenvalue weighted by Gasteiger charge is -2.23. The Kier molecular flexibility index (Phi) is 5.50. The number of nitrogens with zero attached hydrogens (tertiary/aromatic N) is 3. The summed E-state index contributed by atoms with van der Waals surface area (Å²) >= 11 is 0. The van der Waals surface area contributed by atoms with Crippen molar-refractivity contribution >= 4 is 35.0 Å². The van der Waals surface area contributed by atoms with E-state index in [9.17, 15) is 19.2 Å². The minimum atomic E-state index is -1.13. The van der Waals surface area contributed by atoms with Crippen LogP contribution in [0.25, 0.3) is 11.2 Å². The molecule has 0 bridgehead atoms. The second kappa shape index (κ2) is 7.87. The quantitative estimate of drug-likeness (QED) is 0.458. The van der Waals surface area contributed by atoms with Crippen LogP contribution < -0.4 is 11.3 Å². The molecule has 13 nitrogen and oxygen atoms in total. The lowest BCUT2D eigenvalue weighted by molar-refractivity contribution is -0.166. The smallest absolute Gasteiger partial charge is 0.303 e. The summed E-state index contributed by atoms with van der Waals surface area (Å²) in [5.74, 6) is -2.04. The van der Waals surface area contributed by atoms with Gasteiger partial charge < -0.3 is 24.7 Å². The number of rotatable bonds is 5. The first-order valence-corrected chi connectivity index (χ1v) is 8.53. The number of imidazole rings is 1. The maximum atomic E-state index is 12.0. The van der Waals surface area contributed by atoms with Crippen molar-refractivity contribution < 1.29 is 33.3 Å². The van der Waals surface area contributed by atoms with Gasteiger partial charge in [-0.15, -0.1) is 0 Å². The highest BCUT2D eigenvalue weighted by atomic mass is 16.7. The number of carbonyl (C=O) groups is 3. The highest BCUT2D eigenvalue weighted by molar-refractivity contribution is 5.71. The molecule has 1 saturated heterocycles. The van der Waals surface area contributed by atoms with Gasteiger partial charge in [0, 0.05) is 20.8 Å². The van der Waals surface area contributed by atoms with Crippen LogP contribution in [0.15, 0.2) is 11.1 Å². The predicted octanol–water partition coefficient (Wildman–Crippen LogP) is -0.974. The highest BCUT2D eigenvalue weighted by Crippen LogP contribution is 2.35. The summed E-state index contributed by atoms with van der Waals surface area (Å²) < 4.78 is 22.8. The van der Waals surface area contributed by atoms with Gasteiger partial charge in [-0.05, 0) is 0 Å². The molecule has 2 aromatic rings. The molecule has 0 spiro atoms. The van der Waals surface area contributed by atoms with Crippen molar-refractivity contribution in [3.05, 3.63) is 16.7 Å². The van der Waals surface area contributed by atoms with Gasteiger partial charge in [0.25, 0.3) is 5.56 Å². The third kappa shape index (κ3) is 4.18. The molecule has 1 aliphatic rings. The molecule has 156 valence electrons. The van der Waals surface area contributed by atoms with Crippen molar-refractivity contribution in [3.63, 3.8) is 0 Å². The normalized spacial score (nSPS) is 23.7. The summed E-state index contributed by atoms with van der Waals surface area (Å²) in [5.41, 5.74) is 5.09. The van der Waals surface area contributed by atoms with Crippen LogP contribution in [0.2, 0.25) is 0 Å². The highest BCUT2D eigenvalue weighted by Gasteiger charge is 2.51. The number of aromatic amines is 1. The van der Waals surface area contributed by atoms with Crippen LogP contribution in [0.1, 0.15) is 27.0 Å². The second-order valence-corrected chi connectivity index (χ2v) is 6.29. The molecule has 0 amide bonds. The molecule has 0 aliphatic carbocycles. The Hall–Kier alpha value is -3.48. The van der Waals surface area contributed by atoms with Gasteiger partial charge in [-0.1, -0.05) is 0 Å². The lowest BCUT2D eigenvalue weighted by Crippen LogP contribution is -2.40. The average Bonchev–Trinajstić information content (AvgIpc) is 3.15. The number of nitrogens with two attached hydrogens (primary N) is 1. The Balaban J connectivity index is 2.05. The van der Waals surface area contributed by atoms with E-state index in [2.05, 4.69) is 15.0 Å². The fraction of sp³-hybridized carbons (Fsp3) is 0.500. The number of aromatic nitrogens is 4. The van der Waals surface area contributed by atoms with E-state index in [4.69, 9.17) is 24.7 Å². The van der Waals surface area contributed by atoms with E-state index < -0.39 is 48.0 Å². The molecule has 0 unspecified atom stereocenters. The molecule has 3 rings (SSSR count). The van der Waals surface area contributed by atoms with E-state index >= 15 is 0 Å². The SMILES string of the molecule is CC(=O)OC[C@@H]1O[C@H](n2cnc3c(=O)[nH]c(N)nc32)[C@@H](OC(C)=O)[C@@H]1OC(C)=O. The third-order valence-corrected chi connectivity index (χ3v) is 4.07. The van der Waals surface area contributed by atoms with Crippen LogP contribution in [0, 0.1) is 0 Å². The largest absolute Gasteiger partial charge is 0.463 e. The summed E-state index contributed by atoms with van der Waals surface area (Å²) in [6.45, 7) is 3.30. The Morgan fingerprint density at radius 3 is 2.45 bits per heavy atom. The fourth-order valence-corrected chi connectivity index (χ4v) is 3.05. The molecule has 0 radical (unpaired) electrons. The van der Waals surface area contributed by atoms with Crippen LogP contribution >= 0.6 is 0 Å². The molecule has 29 heavy (non-hydrogen) atoms. The molecule has 2 aromatic heterocycles. The minimum absolute atomic E-state index is 0.0168. The molecular weight excluding hydrogens is 390 g/mol. The molecule has 3 N–H and O–H groups in total. The summed E-state index contributed by atoms with van der Waals surface area (Å²) in [6, 6.07) is 0. The van der Waals surface area contributed by atoms with Crippen LogP contribution in [-0.4, -0.2) is 62.3 Å². The van der Waals surface area contributed by atoms with E-state index in [1.807, 2.05) is 0 Å². The van der Waals surface area contributed by atoms with Gasteiger partial charge in [0.15, 0.2) is 29.6 Å². The maximum absolute atomic E-state index is 12.0. The number of nitrogen functional groups attached to an aromatic ring is 1. The average molecular weight is 409 g/mol. The molecular formula is C16H19N5O8. The molecule has 1 aliphatic heterocycles. The van der Waals surface area contributed by atoms with E-state index in [1.54, 1.807) is 0 Å². The first-order valence-electron chi connectivity index (χ1n) is 8.53. The van der Waals surface area contributed by atoms with E-state index in [0.29, 0.717) is 0 Å².